The van der Waals surface area contributed by atoms with Gasteiger partial charge in [-0.25, -0.2) is 0 Å². The highest BCUT2D eigenvalue weighted by molar-refractivity contribution is 7.80. The lowest BCUT2D eigenvalue weighted by atomic mass is 10.2. The molecule has 0 aromatic heterocycles. The number of nitrogens with one attached hydrogen (secondary N) is 2. The Bertz CT molecular complexity index is 1700. The molecule has 6 aromatic carbocycles. The first-order valence-corrected chi connectivity index (χ1v) is 18.0. The Morgan fingerprint density at radius 2 is 0.696 bits per heavy atom. The van der Waals surface area contributed by atoms with Crippen molar-refractivity contribution in [1.82, 2.24) is 10.9 Å². The standard InChI is InChI=1S/C39H32N4P2S/c46-39(42-40-29-31-17-13-15-27-37(31)44(33-19-5-1-6-20-33)34-21-7-2-8-22-34)43-41-30-32-18-14-16-28-38(32)45(35-23-9-3-10-24-35)36-25-11-4-12-26-36/h1-30H,(H2,42,43,46)/b40-29+,41-30+. The van der Waals surface area contributed by atoms with Crippen molar-refractivity contribution in [2.75, 3.05) is 0 Å². The summed E-state index contributed by atoms with van der Waals surface area (Å²) in [7, 11) is -1.53. The minimum Gasteiger partial charge on any atom is -0.252 e. The minimum absolute atomic E-state index is 0.309. The molecule has 0 bridgehead atoms. The van der Waals surface area contributed by atoms with Gasteiger partial charge in [0.15, 0.2) is 0 Å². The van der Waals surface area contributed by atoms with Crippen LogP contribution in [-0.2, 0) is 0 Å². The maximum atomic E-state index is 5.52. The lowest BCUT2D eigenvalue weighted by Gasteiger charge is -2.21. The first kappa shape index (κ1) is 31.2. The van der Waals surface area contributed by atoms with Gasteiger partial charge in [0, 0.05) is 11.1 Å². The van der Waals surface area contributed by atoms with E-state index in [1.165, 1.54) is 31.8 Å². The van der Waals surface area contributed by atoms with Crippen LogP contribution in [0, 0.1) is 0 Å². The van der Waals surface area contributed by atoms with Crippen molar-refractivity contribution in [2.45, 2.75) is 0 Å². The van der Waals surface area contributed by atoms with E-state index in [2.05, 4.69) is 179 Å². The second-order valence-electron chi connectivity index (χ2n) is 10.2. The zero-order valence-electron chi connectivity index (χ0n) is 25.0. The van der Waals surface area contributed by atoms with Crippen molar-refractivity contribution < 1.29 is 0 Å². The number of rotatable bonds is 10. The molecule has 224 valence electrons. The van der Waals surface area contributed by atoms with E-state index in [0.29, 0.717) is 5.11 Å². The normalized spacial score (nSPS) is 11.3. The van der Waals surface area contributed by atoms with Gasteiger partial charge >= 0.3 is 0 Å². The van der Waals surface area contributed by atoms with Crippen LogP contribution in [-0.4, -0.2) is 17.5 Å². The van der Waals surface area contributed by atoms with Gasteiger partial charge in [0.2, 0.25) is 5.11 Å². The summed E-state index contributed by atoms with van der Waals surface area (Å²) in [5.74, 6) is 0. The fraction of sp³-hybridized carbons (Fsp3) is 0. The molecule has 0 spiro atoms. The third-order valence-electron chi connectivity index (χ3n) is 7.15. The fourth-order valence-corrected chi connectivity index (χ4v) is 10.1. The van der Waals surface area contributed by atoms with Crippen LogP contribution in [0.1, 0.15) is 11.1 Å². The van der Waals surface area contributed by atoms with Gasteiger partial charge in [-0.2, -0.15) is 10.2 Å². The monoisotopic (exact) mass is 650 g/mol. The lowest BCUT2D eigenvalue weighted by Crippen LogP contribution is -2.29. The van der Waals surface area contributed by atoms with E-state index in [1.54, 1.807) is 0 Å². The van der Waals surface area contributed by atoms with Gasteiger partial charge in [-0.3, -0.25) is 10.9 Å². The summed E-state index contributed by atoms with van der Waals surface area (Å²) < 4.78 is 0. The number of nitrogens with zero attached hydrogens (tertiary/aromatic N) is 2. The molecule has 0 aliphatic rings. The van der Waals surface area contributed by atoms with Gasteiger partial charge < -0.3 is 0 Å². The Kier molecular flexibility index (Phi) is 10.8. The van der Waals surface area contributed by atoms with E-state index >= 15 is 0 Å². The highest BCUT2D eigenvalue weighted by atomic mass is 32.1. The molecule has 0 unspecified atom stereocenters. The van der Waals surface area contributed by atoms with Crippen LogP contribution in [0.4, 0.5) is 0 Å². The van der Waals surface area contributed by atoms with E-state index in [9.17, 15) is 0 Å². The zero-order chi connectivity index (χ0) is 31.4. The van der Waals surface area contributed by atoms with Crippen LogP contribution in [0.15, 0.2) is 180 Å². The van der Waals surface area contributed by atoms with Gasteiger partial charge in [-0.15, -0.1) is 0 Å². The smallest absolute Gasteiger partial charge is 0.207 e. The van der Waals surface area contributed by atoms with Crippen molar-refractivity contribution in [2.24, 2.45) is 10.2 Å². The Morgan fingerprint density at radius 1 is 0.413 bits per heavy atom. The Morgan fingerprint density at radius 3 is 1.02 bits per heavy atom. The molecule has 6 rings (SSSR count). The van der Waals surface area contributed by atoms with Crippen LogP contribution in [0.2, 0.25) is 0 Å². The van der Waals surface area contributed by atoms with Gasteiger partial charge in [-0.05, 0) is 59.9 Å². The molecule has 2 N–H and O–H groups in total. The lowest BCUT2D eigenvalue weighted by molar-refractivity contribution is 0.935. The minimum atomic E-state index is -0.766. The summed E-state index contributed by atoms with van der Waals surface area (Å²) in [6.45, 7) is 0. The Labute approximate surface area is 278 Å². The maximum Gasteiger partial charge on any atom is 0.207 e. The summed E-state index contributed by atoms with van der Waals surface area (Å²) in [6.07, 6.45) is 3.66. The number of benzene rings is 6. The molecule has 0 saturated carbocycles. The topological polar surface area (TPSA) is 48.8 Å². The first-order valence-electron chi connectivity index (χ1n) is 14.9. The molecule has 0 aliphatic heterocycles. The second-order valence-corrected chi connectivity index (χ2v) is 15.0. The molecule has 46 heavy (non-hydrogen) atoms. The zero-order valence-corrected chi connectivity index (χ0v) is 27.6. The van der Waals surface area contributed by atoms with Gasteiger partial charge in [0.05, 0.1) is 12.4 Å². The van der Waals surface area contributed by atoms with Crippen molar-refractivity contribution in [3.05, 3.63) is 181 Å². The summed E-state index contributed by atoms with van der Waals surface area (Å²) in [5, 5.41) is 16.9. The van der Waals surface area contributed by atoms with E-state index in [0.717, 1.165) is 11.1 Å². The first-order chi connectivity index (χ1) is 22.8. The van der Waals surface area contributed by atoms with Crippen molar-refractivity contribution in [3.63, 3.8) is 0 Å². The van der Waals surface area contributed by atoms with Crippen LogP contribution in [0.5, 0.6) is 0 Å². The molecular weight excluding hydrogens is 618 g/mol. The van der Waals surface area contributed by atoms with Gasteiger partial charge in [-0.1, -0.05) is 170 Å². The van der Waals surface area contributed by atoms with Crippen LogP contribution in [0.3, 0.4) is 0 Å². The van der Waals surface area contributed by atoms with Crippen molar-refractivity contribution in [1.29, 1.82) is 0 Å². The number of hydrazone groups is 2. The summed E-state index contributed by atoms with van der Waals surface area (Å²) in [5.41, 5.74) is 7.94. The van der Waals surface area contributed by atoms with E-state index < -0.39 is 15.8 Å². The van der Waals surface area contributed by atoms with Gasteiger partial charge in [0.1, 0.15) is 0 Å². The second kappa shape index (κ2) is 16.0. The van der Waals surface area contributed by atoms with E-state index in [-0.39, 0.29) is 0 Å². The van der Waals surface area contributed by atoms with Gasteiger partial charge in [0.25, 0.3) is 0 Å². The number of hydrogen-bond donors (Lipinski definition) is 2. The number of thiocarbonyl (C=S) groups is 1. The summed E-state index contributed by atoms with van der Waals surface area (Å²) in [4.78, 5) is 0. The largest absolute Gasteiger partial charge is 0.252 e. The molecule has 0 fully saturated rings. The van der Waals surface area contributed by atoms with Crippen LogP contribution < -0.4 is 42.7 Å². The predicted molar refractivity (Wildman–Crippen MR) is 204 cm³/mol. The maximum absolute atomic E-state index is 5.52. The SMILES string of the molecule is S=C(N/N=C/c1ccccc1P(c1ccccc1)c1ccccc1)N/N=C/c1ccccc1P(c1ccccc1)c1ccccc1. The highest BCUT2D eigenvalue weighted by Crippen LogP contribution is 2.34. The summed E-state index contributed by atoms with van der Waals surface area (Å²) in [6, 6.07) is 59.4. The molecule has 6 aromatic rings. The summed E-state index contributed by atoms with van der Waals surface area (Å²) >= 11 is 5.52. The molecule has 0 radical (unpaired) electrons. The average molecular weight is 651 g/mol. The van der Waals surface area contributed by atoms with E-state index in [1.807, 2.05) is 24.6 Å². The van der Waals surface area contributed by atoms with Crippen LogP contribution >= 0.6 is 28.1 Å². The third-order valence-corrected chi connectivity index (χ3v) is 12.4. The van der Waals surface area contributed by atoms with Crippen LogP contribution in [0.25, 0.3) is 0 Å². The molecule has 0 heterocycles. The Hall–Kier alpha value is -4.79. The molecule has 0 saturated heterocycles. The highest BCUT2D eigenvalue weighted by Gasteiger charge is 2.19. The molecule has 7 heteroatoms. The Balaban J connectivity index is 1.18. The predicted octanol–water partition coefficient (Wildman–Crippen LogP) is 6.04. The third kappa shape index (κ3) is 7.88. The van der Waals surface area contributed by atoms with Crippen molar-refractivity contribution >= 4 is 77.4 Å². The average Bonchev–Trinajstić information content (AvgIpc) is 3.12. The van der Waals surface area contributed by atoms with Crippen molar-refractivity contribution in [3.8, 4) is 0 Å². The molecular formula is C39H32N4P2S. The fourth-order valence-electron chi connectivity index (χ4n) is 5.11. The molecule has 4 nitrogen and oxygen atoms in total. The van der Waals surface area contributed by atoms with E-state index in [4.69, 9.17) is 12.2 Å². The molecule has 0 atom stereocenters. The quantitative estimate of drug-likeness (QED) is 0.0824. The molecule has 0 amide bonds. The number of hydrogen-bond acceptors (Lipinski definition) is 3. The molecule has 0 aliphatic carbocycles.